The van der Waals surface area contributed by atoms with E-state index in [-0.39, 0.29) is 0 Å². The topological polar surface area (TPSA) is 57.5 Å². The van der Waals surface area contributed by atoms with Gasteiger partial charge in [0.25, 0.3) is 0 Å². The summed E-state index contributed by atoms with van der Waals surface area (Å²) in [6, 6.07) is 7.36. The molecule has 0 amide bonds. The third-order valence-electron chi connectivity index (χ3n) is 2.72. The van der Waals surface area contributed by atoms with Crippen LogP contribution in [0.5, 0.6) is 0 Å². The standard InChI is InChI=1S/C14H13NO4/c1-18-13(16)7-8-15-9-11(14(17)19-2)10-5-3-4-6-12(10)15/h3-9H,1-2H3/b8-7+. The molecule has 0 unspecified atom stereocenters. The summed E-state index contributed by atoms with van der Waals surface area (Å²) in [4.78, 5) is 22.8. The van der Waals surface area contributed by atoms with Gasteiger partial charge < -0.3 is 14.0 Å². The number of benzene rings is 1. The normalized spacial score (nSPS) is 10.8. The van der Waals surface area contributed by atoms with Crippen LogP contribution in [0, 0.1) is 0 Å². The first-order chi connectivity index (χ1) is 9.17. The van der Waals surface area contributed by atoms with Crippen molar-refractivity contribution in [2.75, 3.05) is 14.2 Å². The highest BCUT2D eigenvalue weighted by atomic mass is 16.5. The summed E-state index contributed by atoms with van der Waals surface area (Å²) in [5.41, 5.74) is 1.26. The van der Waals surface area contributed by atoms with Gasteiger partial charge >= 0.3 is 11.9 Å². The number of para-hydroxylation sites is 1. The van der Waals surface area contributed by atoms with E-state index in [2.05, 4.69) is 4.74 Å². The second-order valence-electron chi connectivity index (χ2n) is 3.80. The second kappa shape index (κ2) is 5.39. The minimum atomic E-state index is -0.461. The van der Waals surface area contributed by atoms with Crippen molar-refractivity contribution in [3.63, 3.8) is 0 Å². The summed E-state index contributed by atoms with van der Waals surface area (Å²) < 4.78 is 10.9. The van der Waals surface area contributed by atoms with Gasteiger partial charge in [0.15, 0.2) is 0 Å². The third-order valence-corrected chi connectivity index (χ3v) is 2.72. The fourth-order valence-corrected chi connectivity index (χ4v) is 1.81. The van der Waals surface area contributed by atoms with Gasteiger partial charge in [0.05, 0.1) is 25.3 Å². The molecule has 5 heteroatoms. The van der Waals surface area contributed by atoms with Crippen molar-refractivity contribution in [2.45, 2.75) is 0 Å². The van der Waals surface area contributed by atoms with Gasteiger partial charge in [0, 0.05) is 23.9 Å². The maximum Gasteiger partial charge on any atom is 0.340 e. The molecule has 2 rings (SSSR count). The predicted molar refractivity (Wildman–Crippen MR) is 70.6 cm³/mol. The van der Waals surface area contributed by atoms with E-state index in [9.17, 15) is 9.59 Å². The van der Waals surface area contributed by atoms with Crippen LogP contribution in [0.1, 0.15) is 10.4 Å². The van der Waals surface area contributed by atoms with Crippen LogP contribution in [-0.2, 0) is 14.3 Å². The van der Waals surface area contributed by atoms with Gasteiger partial charge in [-0.15, -0.1) is 0 Å². The molecule has 0 radical (unpaired) electrons. The largest absolute Gasteiger partial charge is 0.466 e. The summed E-state index contributed by atoms with van der Waals surface area (Å²) in [7, 11) is 2.64. The van der Waals surface area contributed by atoms with Gasteiger partial charge in [-0.2, -0.15) is 0 Å². The Hall–Kier alpha value is -2.56. The van der Waals surface area contributed by atoms with E-state index in [4.69, 9.17) is 4.74 Å². The Bertz CT molecular complexity index is 655. The first kappa shape index (κ1) is 12.9. The smallest absolute Gasteiger partial charge is 0.340 e. The Balaban J connectivity index is 2.53. The van der Waals surface area contributed by atoms with Crippen molar-refractivity contribution in [3.8, 4) is 0 Å². The lowest BCUT2D eigenvalue weighted by Gasteiger charge is -1.96. The van der Waals surface area contributed by atoms with E-state index in [1.165, 1.54) is 20.3 Å². The van der Waals surface area contributed by atoms with Crippen molar-refractivity contribution in [2.24, 2.45) is 0 Å². The average Bonchev–Trinajstić information content (AvgIpc) is 2.83. The number of carbonyl (C=O) groups is 2. The number of methoxy groups -OCH3 is 2. The Morgan fingerprint density at radius 3 is 2.58 bits per heavy atom. The first-order valence-corrected chi connectivity index (χ1v) is 5.61. The van der Waals surface area contributed by atoms with Crippen LogP contribution >= 0.6 is 0 Å². The highest BCUT2D eigenvalue weighted by molar-refractivity contribution is 6.05. The zero-order valence-electron chi connectivity index (χ0n) is 10.6. The monoisotopic (exact) mass is 259 g/mol. The number of hydrogen-bond acceptors (Lipinski definition) is 4. The summed E-state index contributed by atoms with van der Waals surface area (Å²) in [6.45, 7) is 0. The molecule has 0 aliphatic carbocycles. The molecule has 0 saturated carbocycles. The zero-order valence-corrected chi connectivity index (χ0v) is 10.6. The Labute approximate surface area is 110 Å². The number of rotatable bonds is 3. The lowest BCUT2D eigenvalue weighted by atomic mass is 10.2. The van der Waals surface area contributed by atoms with Crippen LogP contribution in [0.2, 0.25) is 0 Å². The molecule has 0 atom stereocenters. The first-order valence-electron chi connectivity index (χ1n) is 5.61. The van der Waals surface area contributed by atoms with Crippen molar-refractivity contribution in [3.05, 3.63) is 42.1 Å². The lowest BCUT2D eigenvalue weighted by molar-refractivity contribution is -0.134. The summed E-state index contributed by atoms with van der Waals surface area (Å²) in [6.07, 6.45) is 4.45. The van der Waals surface area contributed by atoms with E-state index in [0.29, 0.717) is 5.56 Å². The summed E-state index contributed by atoms with van der Waals surface area (Å²) in [5, 5.41) is 0.767. The van der Waals surface area contributed by atoms with Crippen LogP contribution < -0.4 is 0 Å². The quantitative estimate of drug-likeness (QED) is 0.625. The van der Waals surface area contributed by atoms with Gasteiger partial charge in [-0.3, -0.25) is 0 Å². The molecule has 19 heavy (non-hydrogen) atoms. The molecule has 0 spiro atoms. The molecule has 1 heterocycles. The van der Waals surface area contributed by atoms with E-state index in [0.717, 1.165) is 10.9 Å². The number of hydrogen-bond donors (Lipinski definition) is 0. The Kier molecular flexibility index (Phi) is 3.66. The van der Waals surface area contributed by atoms with Gasteiger partial charge in [0.1, 0.15) is 0 Å². The fraction of sp³-hybridized carbons (Fsp3) is 0.143. The minimum Gasteiger partial charge on any atom is -0.466 e. The molecule has 0 N–H and O–H groups in total. The maximum absolute atomic E-state index is 11.7. The van der Waals surface area contributed by atoms with Crippen molar-refractivity contribution < 1.29 is 19.1 Å². The van der Waals surface area contributed by atoms with Gasteiger partial charge in [-0.1, -0.05) is 18.2 Å². The van der Waals surface area contributed by atoms with E-state index < -0.39 is 11.9 Å². The number of carbonyl (C=O) groups excluding carboxylic acids is 2. The number of aromatic nitrogens is 1. The molecule has 0 aliphatic heterocycles. The average molecular weight is 259 g/mol. The molecular weight excluding hydrogens is 246 g/mol. The fourth-order valence-electron chi connectivity index (χ4n) is 1.81. The van der Waals surface area contributed by atoms with Crippen LogP contribution in [-0.4, -0.2) is 30.7 Å². The zero-order chi connectivity index (χ0) is 13.8. The molecule has 1 aromatic heterocycles. The number of esters is 2. The lowest BCUT2D eigenvalue weighted by Crippen LogP contribution is -1.99. The molecular formula is C14H13NO4. The van der Waals surface area contributed by atoms with Gasteiger partial charge in [-0.25, -0.2) is 9.59 Å². The van der Waals surface area contributed by atoms with Gasteiger partial charge in [-0.05, 0) is 6.07 Å². The van der Waals surface area contributed by atoms with E-state index in [1.807, 2.05) is 24.3 Å². The number of ether oxygens (including phenoxy) is 2. The third kappa shape index (κ3) is 2.49. The van der Waals surface area contributed by atoms with Crippen LogP contribution in [0.3, 0.4) is 0 Å². The molecule has 5 nitrogen and oxygen atoms in total. The molecule has 0 saturated heterocycles. The summed E-state index contributed by atoms with van der Waals surface area (Å²) >= 11 is 0. The predicted octanol–water partition coefficient (Wildman–Crippen LogP) is 2.07. The molecule has 98 valence electrons. The highest BCUT2D eigenvalue weighted by Gasteiger charge is 2.14. The van der Waals surface area contributed by atoms with Crippen molar-refractivity contribution in [1.82, 2.24) is 4.57 Å². The van der Waals surface area contributed by atoms with E-state index in [1.54, 1.807) is 17.0 Å². The Morgan fingerprint density at radius 1 is 1.16 bits per heavy atom. The SMILES string of the molecule is COC(=O)/C=C/n1cc(C(=O)OC)c2ccccc21. The molecule has 2 aromatic rings. The van der Waals surface area contributed by atoms with Gasteiger partial charge in [0.2, 0.25) is 0 Å². The van der Waals surface area contributed by atoms with Crippen LogP contribution in [0.25, 0.3) is 17.1 Å². The second-order valence-corrected chi connectivity index (χ2v) is 3.80. The van der Waals surface area contributed by atoms with Crippen LogP contribution in [0.15, 0.2) is 36.5 Å². The molecule has 0 bridgehead atoms. The van der Waals surface area contributed by atoms with Crippen molar-refractivity contribution in [1.29, 1.82) is 0 Å². The van der Waals surface area contributed by atoms with Crippen LogP contribution in [0.4, 0.5) is 0 Å². The molecule has 1 aromatic carbocycles. The number of fused-ring (bicyclic) bond motifs is 1. The summed E-state index contributed by atoms with van der Waals surface area (Å²) in [5.74, 6) is -0.876. The molecule has 0 aliphatic rings. The minimum absolute atomic E-state index is 0.415. The Morgan fingerprint density at radius 2 is 1.89 bits per heavy atom. The van der Waals surface area contributed by atoms with E-state index >= 15 is 0 Å². The maximum atomic E-state index is 11.7. The van der Waals surface area contributed by atoms with Crippen molar-refractivity contribution >= 4 is 29.0 Å². The number of nitrogens with zero attached hydrogens (tertiary/aromatic N) is 1. The molecule has 0 fully saturated rings. The highest BCUT2D eigenvalue weighted by Crippen LogP contribution is 2.22.